The number of sulfonamides is 1. The zero-order chi connectivity index (χ0) is 17.2. The molecule has 0 aliphatic heterocycles. The largest absolute Gasteiger partial charge is 0.494 e. The topological polar surface area (TPSA) is 55.4 Å². The number of aryl methyl sites for hydroxylation is 1. The van der Waals surface area contributed by atoms with Crippen LogP contribution in [-0.4, -0.2) is 15.0 Å². The Hall–Kier alpha value is -2.22. The number of anilines is 1. The zero-order valence-corrected chi connectivity index (χ0v) is 13.2. The fourth-order valence-electron chi connectivity index (χ4n) is 1.91. The van der Waals surface area contributed by atoms with Gasteiger partial charge in [0.05, 0.1) is 17.2 Å². The van der Waals surface area contributed by atoms with Crippen molar-refractivity contribution in [2.24, 2.45) is 0 Å². The average molecular weight is 345 g/mol. The maximum absolute atomic E-state index is 13.6. The van der Waals surface area contributed by atoms with E-state index in [0.29, 0.717) is 24.0 Å². The average Bonchev–Trinajstić information content (AvgIpc) is 2.50. The zero-order valence-electron chi connectivity index (χ0n) is 12.4. The van der Waals surface area contributed by atoms with Gasteiger partial charge in [-0.05, 0) is 49.7 Å². The molecule has 0 unspecified atom stereocenters. The van der Waals surface area contributed by atoms with Crippen LogP contribution in [0.3, 0.4) is 0 Å². The Morgan fingerprint density at radius 1 is 1.09 bits per heavy atom. The minimum Gasteiger partial charge on any atom is -0.494 e. The summed E-state index contributed by atoms with van der Waals surface area (Å²) in [6, 6.07) is 5.53. The summed E-state index contributed by atoms with van der Waals surface area (Å²) in [5.41, 5.74) is -0.101. The Balaban J connectivity index is 2.36. The Kier molecular flexibility index (Phi) is 4.84. The summed E-state index contributed by atoms with van der Waals surface area (Å²) in [6.45, 7) is 3.87. The molecule has 8 heteroatoms. The van der Waals surface area contributed by atoms with E-state index in [-0.39, 0.29) is 4.90 Å². The van der Waals surface area contributed by atoms with Gasteiger partial charge in [0.25, 0.3) is 10.0 Å². The minimum atomic E-state index is -4.15. The number of benzene rings is 2. The molecular formula is C15H14F3NO3S. The molecule has 23 heavy (non-hydrogen) atoms. The summed E-state index contributed by atoms with van der Waals surface area (Å²) in [6.07, 6.45) is 0. The lowest BCUT2D eigenvalue weighted by molar-refractivity contribution is 0.337. The lowest BCUT2D eigenvalue weighted by atomic mass is 10.2. The van der Waals surface area contributed by atoms with Crippen LogP contribution in [0, 0.1) is 24.4 Å². The Morgan fingerprint density at radius 3 is 2.39 bits per heavy atom. The molecule has 2 aromatic rings. The third-order valence-electron chi connectivity index (χ3n) is 3.04. The maximum atomic E-state index is 13.6. The molecule has 0 atom stereocenters. The van der Waals surface area contributed by atoms with Gasteiger partial charge in [-0.1, -0.05) is 0 Å². The molecule has 0 saturated carbocycles. The van der Waals surface area contributed by atoms with Crippen molar-refractivity contribution in [2.45, 2.75) is 18.7 Å². The van der Waals surface area contributed by atoms with Crippen LogP contribution in [0.25, 0.3) is 0 Å². The summed E-state index contributed by atoms with van der Waals surface area (Å²) >= 11 is 0. The fourth-order valence-corrected chi connectivity index (χ4v) is 3.06. The first-order valence-corrected chi connectivity index (χ1v) is 8.14. The predicted octanol–water partition coefficient (Wildman–Crippen LogP) is 3.61. The van der Waals surface area contributed by atoms with Crippen LogP contribution >= 0.6 is 0 Å². The lowest BCUT2D eigenvalue weighted by Gasteiger charge is -2.12. The molecule has 0 aromatic heterocycles. The van der Waals surface area contributed by atoms with E-state index >= 15 is 0 Å². The molecule has 0 heterocycles. The van der Waals surface area contributed by atoms with Crippen LogP contribution in [-0.2, 0) is 10.0 Å². The van der Waals surface area contributed by atoms with Gasteiger partial charge in [-0.15, -0.1) is 0 Å². The van der Waals surface area contributed by atoms with Crippen molar-refractivity contribution >= 4 is 15.7 Å². The van der Waals surface area contributed by atoms with E-state index in [1.807, 2.05) is 4.72 Å². The van der Waals surface area contributed by atoms with Gasteiger partial charge in [-0.3, -0.25) is 4.72 Å². The van der Waals surface area contributed by atoms with Crippen molar-refractivity contribution in [1.82, 2.24) is 0 Å². The smallest absolute Gasteiger partial charge is 0.262 e. The van der Waals surface area contributed by atoms with Crippen LogP contribution in [0.15, 0.2) is 35.2 Å². The summed E-state index contributed by atoms with van der Waals surface area (Å²) in [7, 11) is -4.15. The van der Waals surface area contributed by atoms with E-state index in [0.717, 1.165) is 6.07 Å². The number of rotatable bonds is 5. The van der Waals surface area contributed by atoms with Gasteiger partial charge in [0.1, 0.15) is 5.75 Å². The molecule has 0 aliphatic carbocycles. The van der Waals surface area contributed by atoms with Crippen molar-refractivity contribution < 1.29 is 26.3 Å². The SMILES string of the molecule is CCOc1ccc(S(=O)(=O)Nc2ccc(F)c(F)c2F)cc1C. The number of halogens is 3. The Bertz CT molecular complexity index is 838. The lowest BCUT2D eigenvalue weighted by Crippen LogP contribution is -2.15. The van der Waals surface area contributed by atoms with Crippen LogP contribution in [0.5, 0.6) is 5.75 Å². The van der Waals surface area contributed by atoms with E-state index in [1.165, 1.54) is 18.2 Å². The maximum Gasteiger partial charge on any atom is 0.262 e. The predicted molar refractivity (Wildman–Crippen MR) is 79.5 cm³/mol. The summed E-state index contributed by atoms with van der Waals surface area (Å²) in [5, 5.41) is 0. The second-order valence-corrected chi connectivity index (χ2v) is 6.37. The molecule has 1 N–H and O–H groups in total. The van der Waals surface area contributed by atoms with Crippen molar-refractivity contribution in [3.05, 3.63) is 53.3 Å². The van der Waals surface area contributed by atoms with Gasteiger partial charge in [-0.25, -0.2) is 21.6 Å². The third-order valence-corrected chi connectivity index (χ3v) is 4.40. The van der Waals surface area contributed by atoms with E-state index in [9.17, 15) is 21.6 Å². The molecular weight excluding hydrogens is 331 g/mol. The van der Waals surface area contributed by atoms with Gasteiger partial charge < -0.3 is 4.74 Å². The van der Waals surface area contributed by atoms with Crippen molar-refractivity contribution in [3.8, 4) is 5.75 Å². The first-order valence-electron chi connectivity index (χ1n) is 6.66. The number of hydrogen-bond donors (Lipinski definition) is 1. The van der Waals surface area contributed by atoms with E-state index in [2.05, 4.69) is 0 Å². The highest BCUT2D eigenvalue weighted by Gasteiger charge is 2.20. The number of hydrogen-bond acceptors (Lipinski definition) is 3. The van der Waals surface area contributed by atoms with Gasteiger partial charge in [-0.2, -0.15) is 0 Å². The van der Waals surface area contributed by atoms with Crippen LogP contribution in [0.2, 0.25) is 0 Å². The summed E-state index contributed by atoms with van der Waals surface area (Å²) < 4.78 is 71.3. The van der Waals surface area contributed by atoms with Gasteiger partial charge in [0, 0.05) is 0 Å². The van der Waals surface area contributed by atoms with E-state index in [4.69, 9.17) is 4.74 Å². The molecule has 0 spiro atoms. The monoisotopic (exact) mass is 345 g/mol. The number of nitrogens with one attached hydrogen (secondary N) is 1. The van der Waals surface area contributed by atoms with Crippen LogP contribution in [0.4, 0.5) is 18.9 Å². The molecule has 124 valence electrons. The van der Waals surface area contributed by atoms with Crippen molar-refractivity contribution in [3.63, 3.8) is 0 Å². The first-order chi connectivity index (χ1) is 10.8. The molecule has 0 radical (unpaired) electrons. The molecule has 0 amide bonds. The highest BCUT2D eigenvalue weighted by molar-refractivity contribution is 7.92. The van der Waals surface area contributed by atoms with E-state index < -0.39 is 33.2 Å². The van der Waals surface area contributed by atoms with Crippen molar-refractivity contribution in [1.29, 1.82) is 0 Å². The first kappa shape index (κ1) is 17.1. The highest BCUT2D eigenvalue weighted by atomic mass is 32.2. The summed E-state index contributed by atoms with van der Waals surface area (Å²) in [4.78, 5) is -0.150. The molecule has 2 rings (SSSR count). The molecule has 0 saturated heterocycles. The van der Waals surface area contributed by atoms with Crippen LogP contribution < -0.4 is 9.46 Å². The van der Waals surface area contributed by atoms with Gasteiger partial charge in [0.15, 0.2) is 17.5 Å². The molecule has 4 nitrogen and oxygen atoms in total. The fraction of sp³-hybridized carbons (Fsp3) is 0.200. The standard InChI is InChI=1S/C15H14F3NO3S/c1-3-22-13-7-4-10(8-9(13)2)23(20,21)19-12-6-5-11(16)14(17)15(12)18/h4-8,19H,3H2,1-2H3. The quantitative estimate of drug-likeness (QED) is 0.842. The van der Waals surface area contributed by atoms with Crippen molar-refractivity contribution in [2.75, 3.05) is 11.3 Å². The summed E-state index contributed by atoms with van der Waals surface area (Å²) in [5.74, 6) is -4.22. The second kappa shape index (κ2) is 6.49. The minimum absolute atomic E-state index is 0.150. The Labute approximate surface area is 132 Å². The van der Waals surface area contributed by atoms with Gasteiger partial charge >= 0.3 is 0 Å². The number of ether oxygens (including phenoxy) is 1. The molecule has 2 aromatic carbocycles. The second-order valence-electron chi connectivity index (χ2n) is 4.69. The Morgan fingerprint density at radius 2 is 1.78 bits per heavy atom. The highest BCUT2D eigenvalue weighted by Crippen LogP contribution is 2.25. The van der Waals surface area contributed by atoms with E-state index in [1.54, 1.807) is 13.8 Å². The third kappa shape index (κ3) is 3.58. The molecule has 0 aliphatic rings. The molecule has 0 bridgehead atoms. The normalized spacial score (nSPS) is 11.3. The van der Waals surface area contributed by atoms with Gasteiger partial charge in [0.2, 0.25) is 0 Å². The molecule has 0 fully saturated rings. The van der Waals surface area contributed by atoms with Crippen LogP contribution in [0.1, 0.15) is 12.5 Å².